The van der Waals surface area contributed by atoms with Crippen molar-refractivity contribution in [2.45, 2.75) is 97.7 Å². The minimum Gasteiger partial charge on any atom is -0.496 e. The van der Waals surface area contributed by atoms with E-state index >= 15 is 0 Å². The molecular weight excluding hydrogens is 517 g/mol. The first kappa shape index (κ1) is 35.9. The third-order valence-corrected chi connectivity index (χ3v) is 10.6. The Morgan fingerprint density at radius 1 is 0.703 bits per heavy atom. The van der Waals surface area contributed by atoms with E-state index in [1.165, 1.54) is 84.2 Å². The van der Waals surface area contributed by atoms with Gasteiger partial charge in [-0.3, -0.25) is 0 Å². The van der Waals surface area contributed by atoms with Gasteiger partial charge in [0, 0.05) is 6.04 Å². The van der Waals surface area contributed by atoms with Gasteiger partial charge in [-0.2, -0.15) is 0 Å². The van der Waals surface area contributed by atoms with E-state index in [0.29, 0.717) is 11.6 Å². The Bertz CT molecular complexity index is 845. The van der Waals surface area contributed by atoms with Crippen LogP contribution in [0.2, 0.25) is 0 Å². The summed E-state index contributed by atoms with van der Waals surface area (Å²) in [5.74, 6) is 2.58. The van der Waals surface area contributed by atoms with Crippen LogP contribution in [0.5, 0.6) is 11.5 Å². The SMILES string of the molecule is C1CCCC1.COc1c(C)cc(P(c2cc(C)c(OC)c(C)c2)C2CCCC2[C@@H](C)N)cc1C.[CH3-].[CH3-].[Fe+2]. The molecule has 2 fully saturated rings. The summed E-state index contributed by atoms with van der Waals surface area (Å²) >= 11 is 0. The van der Waals surface area contributed by atoms with Crippen molar-refractivity contribution in [3.8, 4) is 11.5 Å². The Balaban J connectivity index is 0.00000145. The maximum Gasteiger partial charge on any atom is 2.00 e. The van der Waals surface area contributed by atoms with Gasteiger partial charge in [0.25, 0.3) is 0 Å². The Morgan fingerprint density at radius 2 is 1.05 bits per heavy atom. The molecular formula is C32H52FeNO2P. The fraction of sp³-hybridized carbons (Fsp3) is 0.562. The summed E-state index contributed by atoms with van der Waals surface area (Å²) in [4.78, 5) is 0. The minimum absolute atomic E-state index is 0. The van der Waals surface area contributed by atoms with Crippen LogP contribution in [0.25, 0.3) is 0 Å². The molecule has 0 radical (unpaired) electrons. The van der Waals surface area contributed by atoms with Gasteiger partial charge in [-0.05, 0) is 124 Å². The van der Waals surface area contributed by atoms with Crippen molar-refractivity contribution in [3.05, 3.63) is 61.4 Å². The van der Waals surface area contributed by atoms with Gasteiger partial charge in [-0.15, -0.1) is 0 Å². The van der Waals surface area contributed by atoms with Gasteiger partial charge in [0.05, 0.1) is 14.2 Å². The second-order valence-electron chi connectivity index (χ2n) is 10.4. The molecule has 0 saturated heterocycles. The molecule has 2 unspecified atom stereocenters. The molecule has 0 aliphatic heterocycles. The van der Waals surface area contributed by atoms with Crippen molar-refractivity contribution in [1.82, 2.24) is 0 Å². The van der Waals surface area contributed by atoms with Crippen LogP contribution < -0.4 is 25.8 Å². The molecule has 2 aromatic carbocycles. The van der Waals surface area contributed by atoms with Crippen molar-refractivity contribution in [2.75, 3.05) is 14.2 Å². The van der Waals surface area contributed by atoms with Gasteiger partial charge in [-0.25, -0.2) is 0 Å². The number of rotatable bonds is 6. The summed E-state index contributed by atoms with van der Waals surface area (Å²) < 4.78 is 11.3. The third kappa shape index (κ3) is 8.72. The van der Waals surface area contributed by atoms with E-state index in [4.69, 9.17) is 15.2 Å². The number of benzene rings is 2. The Morgan fingerprint density at radius 3 is 1.35 bits per heavy atom. The number of ether oxygens (including phenoxy) is 2. The molecule has 4 rings (SSSR count). The second-order valence-corrected chi connectivity index (χ2v) is 12.8. The van der Waals surface area contributed by atoms with Crippen LogP contribution in [0.15, 0.2) is 24.3 Å². The van der Waals surface area contributed by atoms with Crippen molar-refractivity contribution >= 4 is 18.5 Å². The van der Waals surface area contributed by atoms with Crippen LogP contribution in [-0.2, 0) is 17.1 Å². The van der Waals surface area contributed by atoms with Gasteiger partial charge in [0.2, 0.25) is 0 Å². The molecule has 0 spiro atoms. The van der Waals surface area contributed by atoms with Crippen molar-refractivity contribution in [1.29, 1.82) is 0 Å². The molecule has 3 atom stereocenters. The summed E-state index contributed by atoms with van der Waals surface area (Å²) in [6.07, 6.45) is 11.3. The number of methoxy groups -OCH3 is 2. The summed E-state index contributed by atoms with van der Waals surface area (Å²) in [7, 11) is 3.01. The molecule has 2 saturated carbocycles. The van der Waals surface area contributed by atoms with Crippen LogP contribution in [0.1, 0.15) is 80.5 Å². The normalized spacial score (nSPS) is 19.1. The molecule has 2 N–H and O–H groups in total. The molecule has 0 heterocycles. The predicted octanol–water partition coefficient (Wildman–Crippen LogP) is 7.73. The largest absolute Gasteiger partial charge is 2.00 e. The Labute approximate surface area is 240 Å². The molecule has 210 valence electrons. The van der Waals surface area contributed by atoms with Crippen LogP contribution in [-0.4, -0.2) is 25.9 Å². The molecule has 2 aromatic rings. The van der Waals surface area contributed by atoms with Crippen LogP contribution in [0.4, 0.5) is 0 Å². The minimum atomic E-state index is -0.514. The first-order valence-corrected chi connectivity index (χ1v) is 14.5. The molecule has 0 amide bonds. The monoisotopic (exact) mass is 569 g/mol. The number of aryl methyl sites for hydroxylation is 4. The quantitative estimate of drug-likeness (QED) is 0.220. The van der Waals surface area contributed by atoms with E-state index in [9.17, 15) is 0 Å². The average molecular weight is 570 g/mol. The standard InChI is InChI=1S/C25H36NO2P.C5H10.2CH3.Fe/c1-15-11-20(12-16(2)24(15)27-6)29(23-10-8-9-22(23)19(5)26)21-13-17(3)25(28-7)18(4)14-21;1-2-4-5-3-1;;;/h11-14,19,22-23H,8-10,26H2,1-7H3;1-5H2;2*1H3;/q;;2*-1;+2/t19-,22?,23?;;;;/m1..../s1. The Kier molecular flexibility index (Phi) is 16.3. The van der Waals surface area contributed by atoms with E-state index in [1.807, 2.05) is 0 Å². The summed E-state index contributed by atoms with van der Waals surface area (Å²) in [6, 6.07) is 9.63. The maximum atomic E-state index is 6.46. The van der Waals surface area contributed by atoms with E-state index in [-0.39, 0.29) is 38.0 Å². The van der Waals surface area contributed by atoms with E-state index < -0.39 is 7.92 Å². The maximum absolute atomic E-state index is 6.46. The van der Waals surface area contributed by atoms with E-state index in [2.05, 4.69) is 58.9 Å². The molecule has 2 aliphatic rings. The van der Waals surface area contributed by atoms with Gasteiger partial charge < -0.3 is 30.1 Å². The zero-order chi connectivity index (χ0) is 24.8. The molecule has 3 nitrogen and oxygen atoms in total. The average Bonchev–Trinajstić information content (AvgIpc) is 3.49. The fourth-order valence-corrected chi connectivity index (χ4v) is 9.74. The molecule has 0 bridgehead atoms. The predicted molar refractivity (Wildman–Crippen MR) is 162 cm³/mol. The first-order valence-electron chi connectivity index (χ1n) is 13.1. The summed E-state index contributed by atoms with van der Waals surface area (Å²) in [5, 5.41) is 2.88. The Hall–Kier alpha value is -1.05. The van der Waals surface area contributed by atoms with Gasteiger partial charge in [0.15, 0.2) is 0 Å². The van der Waals surface area contributed by atoms with E-state index in [1.54, 1.807) is 14.2 Å². The molecule has 37 heavy (non-hydrogen) atoms. The number of hydrogen-bond acceptors (Lipinski definition) is 3. The van der Waals surface area contributed by atoms with Gasteiger partial charge in [-0.1, -0.05) is 38.5 Å². The fourth-order valence-electron chi connectivity index (χ4n) is 6.10. The zero-order valence-corrected chi connectivity index (χ0v) is 26.9. The second kappa shape index (κ2) is 16.8. The summed E-state index contributed by atoms with van der Waals surface area (Å²) in [6.45, 7) is 10.8. The smallest absolute Gasteiger partial charge is 0.496 e. The van der Waals surface area contributed by atoms with Gasteiger partial charge in [0.1, 0.15) is 11.5 Å². The topological polar surface area (TPSA) is 44.5 Å². The van der Waals surface area contributed by atoms with Crippen molar-refractivity contribution < 1.29 is 26.5 Å². The van der Waals surface area contributed by atoms with Crippen molar-refractivity contribution in [2.24, 2.45) is 11.7 Å². The summed E-state index contributed by atoms with van der Waals surface area (Å²) in [5.41, 5.74) is 11.9. The van der Waals surface area contributed by atoms with Crippen LogP contribution in [0, 0.1) is 48.5 Å². The number of hydrogen-bond donors (Lipinski definition) is 1. The van der Waals surface area contributed by atoms with Crippen LogP contribution >= 0.6 is 7.92 Å². The zero-order valence-electron chi connectivity index (χ0n) is 24.9. The molecule has 2 aliphatic carbocycles. The number of nitrogens with two attached hydrogens (primary N) is 1. The van der Waals surface area contributed by atoms with Crippen LogP contribution in [0.3, 0.4) is 0 Å². The van der Waals surface area contributed by atoms with Crippen molar-refractivity contribution in [3.63, 3.8) is 0 Å². The first-order chi connectivity index (χ1) is 16.3. The molecule has 0 aromatic heterocycles. The molecule has 5 heteroatoms. The van der Waals surface area contributed by atoms with Gasteiger partial charge >= 0.3 is 17.1 Å². The van der Waals surface area contributed by atoms with E-state index in [0.717, 1.165) is 11.5 Å². The third-order valence-electron chi connectivity index (χ3n) is 7.64.